The molecule has 0 unspecified atom stereocenters. The summed E-state index contributed by atoms with van der Waals surface area (Å²) in [5.74, 6) is 0.0297. The van der Waals surface area contributed by atoms with Gasteiger partial charge < -0.3 is 10.6 Å². The Morgan fingerprint density at radius 1 is 1.00 bits per heavy atom. The molecule has 28 heavy (non-hydrogen) atoms. The molecule has 2 amide bonds. The summed E-state index contributed by atoms with van der Waals surface area (Å²) in [5.41, 5.74) is 4.98. The summed E-state index contributed by atoms with van der Waals surface area (Å²) in [6.45, 7) is 8.46. The fraction of sp³-hybridized carbons (Fsp3) is 0.417. The van der Waals surface area contributed by atoms with Crippen LogP contribution in [-0.4, -0.2) is 11.8 Å². The van der Waals surface area contributed by atoms with Crippen molar-refractivity contribution < 1.29 is 9.59 Å². The molecule has 1 saturated carbocycles. The Bertz CT molecular complexity index is 865. The van der Waals surface area contributed by atoms with Crippen LogP contribution in [0, 0.1) is 19.8 Å². The zero-order valence-corrected chi connectivity index (χ0v) is 17.3. The monoisotopic (exact) mass is 378 g/mol. The van der Waals surface area contributed by atoms with Crippen LogP contribution in [0.5, 0.6) is 0 Å². The largest absolute Gasteiger partial charge is 0.351 e. The number of amides is 2. The van der Waals surface area contributed by atoms with Crippen molar-refractivity contribution in [1.29, 1.82) is 0 Å². The van der Waals surface area contributed by atoms with Crippen molar-refractivity contribution in [1.82, 2.24) is 5.32 Å². The topological polar surface area (TPSA) is 58.2 Å². The Hall–Kier alpha value is -2.62. The second kappa shape index (κ2) is 8.17. The molecule has 0 heterocycles. The van der Waals surface area contributed by atoms with Crippen molar-refractivity contribution >= 4 is 17.5 Å². The van der Waals surface area contributed by atoms with Gasteiger partial charge in [-0.1, -0.05) is 50.6 Å². The second-order valence-corrected chi connectivity index (χ2v) is 8.26. The Morgan fingerprint density at radius 3 is 2.21 bits per heavy atom. The predicted molar refractivity (Wildman–Crippen MR) is 113 cm³/mol. The molecular weight excluding hydrogens is 348 g/mol. The van der Waals surface area contributed by atoms with Crippen LogP contribution in [-0.2, 0) is 21.5 Å². The van der Waals surface area contributed by atoms with Gasteiger partial charge in [0.1, 0.15) is 0 Å². The minimum Gasteiger partial charge on any atom is -0.351 e. The highest BCUT2D eigenvalue weighted by Gasteiger charge is 2.45. The van der Waals surface area contributed by atoms with Crippen molar-refractivity contribution in [2.45, 2.75) is 58.9 Å². The third-order valence-electron chi connectivity index (χ3n) is 5.90. The van der Waals surface area contributed by atoms with Gasteiger partial charge in [-0.2, -0.15) is 0 Å². The first-order chi connectivity index (χ1) is 13.3. The van der Waals surface area contributed by atoms with E-state index >= 15 is 0 Å². The van der Waals surface area contributed by atoms with Crippen LogP contribution in [0.25, 0.3) is 0 Å². The zero-order valence-electron chi connectivity index (χ0n) is 17.3. The molecule has 3 rings (SSSR count). The van der Waals surface area contributed by atoms with Crippen molar-refractivity contribution in [3.8, 4) is 0 Å². The van der Waals surface area contributed by atoms with Crippen molar-refractivity contribution in [2.24, 2.45) is 5.92 Å². The maximum atomic E-state index is 13.0. The number of rotatable bonds is 6. The molecular formula is C24H30N2O2. The van der Waals surface area contributed by atoms with Gasteiger partial charge in [-0.15, -0.1) is 0 Å². The maximum Gasteiger partial charge on any atom is 0.230 e. The summed E-state index contributed by atoms with van der Waals surface area (Å²) in [6, 6.07) is 14.0. The SMILES string of the molecule is Cc1ccc(CNC(=O)C2(c3ccc(NC(=O)C(C)C)cc3)CCC2)cc1C. The number of nitrogens with one attached hydrogen (secondary N) is 2. The highest BCUT2D eigenvalue weighted by Crippen LogP contribution is 2.44. The highest BCUT2D eigenvalue weighted by molar-refractivity contribution is 5.92. The number of aryl methyl sites for hydroxylation is 2. The lowest BCUT2D eigenvalue weighted by Gasteiger charge is -2.40. The Kier molecular flexibility index (Phi) is 5.87. The standard InChI is InChI=1S/C24H30N2O2/c1-16(2)22(27)26-21-10-8-20(9-11-21)24(12-5-13-24)23(28)25-15-19-7-6-17(3)18(4)14-19/h6-11,14,16H,5,12-13,15H2,1-4H3,(H,25,28)(H,26,27). The van der Waals surface area contributed by atoms with Crippen molar-refractivity contribution in [3.63, 3.8) is 0 Å². The maximum absolute atomic E-state index is 13.0. The third-order valence-corrected chi connectivity index (χ3v) is 5.90. The molecule has 0 atom stereocenters. The minimum atomic E-state index is -0.444. The average molecular weight is 379 g/mol. The first kappa shape index (κ1) is 20.1. The van der Waals surface area contributed by atoms with Gasteiger partial charge in [0.15, 0.2) is 0 Å². The van der Waals surface area contributed by atoms with Crippen LogP contribution in [0.2, 0.25) is 0 Å². The molecule has 2 aromatic carbocycles. The molecule has 148 valence electrons. The summed E-state index contributed by atoms with van der Waals surface area (Å²) in [4.78, 5) is 24.9. The van der Waals surface area contributed by atoms with Gasteiger partial charge >= 0.3 is 0 Å². The van der Waals surface area contributed by atoms with Crippen LogP contribution in [0.4, 0.5) is 5.69 Å². The van der Waals surface area contributed by atoms with Crippen LogP contribution in [0.1, 0.15) is 55.4 Å². The molecule has 1 fully saturated rings. The molecule has 4 heteroatoms. The second-order valence-electron chi connectivity index (χ2n) is 8.26. The summed E-state index contributed by atoms with van der Waals surface area (Å²) in [7, 11) is 0. The van der Waals surface area contributed by atoms with Crippen LogP contribution in [0.15, 0.2) is 42.5 Å². The summed E-state index contributed by atoms with van der Waals surface area (Å²) in [5, 5.41) is 6.04. The number of anilines is 1. The van der Waals surface area contributed by atoms with E-state index in [1.54, 1.807) is 0 Å². The van der Waals surface area contributed by atoms with Gasteiger partial charge in [-0.25, -0.2) is 0 Å². The van der Waals surface area contributed by atoms with E-state index < -0.39 is 5.41 Å². The number of carbonyl (C=O) groups excluding carboxylic acids is 2. The summed E-state index contributed by atoms with van der Waals surface area (Å²) < 4.78 is 0. The molecule has 2 aromatic rings. The van der Waals surface area contributed by atoms with Gasteiger partial charge in [0.25, 0.3) is 0 Å². The first-order valence-electron chi connectivity index (χ1n) is 10.1. The minimum absolute atomic E-state index is 0.00255. The lowest BCUT2D eigenvalue weighted by Crippen LogP contribution is -2.49. The van der Waals surface area contributed by atoms with Crippen molar-refractivity contribution in [3.05, 3.63) is 64.7 Å². The Balaban J connectivity index is 1.69. The summed E-state index contributed by atoms with van der Waals surface area (Å²) in [6.07, 6.45) is 2.79. The van der Waals surface area contributed by atoms with E-state index in [4.69, 9.17) is 0 Å². The van der Waals surface area contributed by atoms with Gasteiger partial charge in [0.2, 0.25) is 11.8 Å². The lowest BCUT2D eigenvalue weighted by atomic mass is 9.63. The van der Waals surface area contributed by atoms with Gasteiger partial charge in [-0.05, 0) is 61.1 Å². The molecule has 0 radical (unpaired) electrons. The number of hydrogen-bond donors (Lipinski definition) is 2. The smallest absolute Gasteiger partial charge is 0.230 e. The molecule has 1 aliphatic rings. The van der Waals surface area contributed by atoms with E-state index in [1.165, 1.54) is 11.1 Å². The fourth-order valence-electron chi connectivity index (χ4n) is 3.60. The quantitative estimate of drug-likeness (QED) is 0.769. The molecule has 1 aliphatic carbocycles. The Labute approximate surface area is 167 Å². The lowest BCUT2D eigenvalue weighted by molar-refractivity contribution is -0.130. The van der Waals surface area contributed by atoms with E-state index in [2.05, 4.69) is 42.7 Å². The molecule has 0 saturated heterocycles. The molecule has 0 spiro atoms. The van der Waals surface area contributed by atoms with Crippen LogP contribution < -0.4 is 10.6 Å². The van der Waals surface area contributed by atoms with E-state index in [0.29, 0.717) is 6.54 Å². The van der Waals surface area contributed by atoms with Crippen molar-refractivity contribution in [2.75, 3.05) is 5.32 Å². The van der Waals surface area contributed by atoms with Gasteiger partial charge in [-0.3, -0.25) is 9.59 Å². The van der Waals surface area contributed by atoms with E-state index in [9.17, 15) is 9.59 Å². The predicted octanol–water partition coefficient (Wildman–Crippen LogP) is 4.64. The van der Waals surface area contributed by atoms with E-state index in [1.807, 2.05) is 38.1 Å². The molecule has 0 aromatic heterocycles. The van der Waals surface area contributed by atoms with Gasteiger partial charge in [0.05, 0.1) is 5.41 Å². The molecule has 4 nitrogen and oxygen atoms in total. The van der Waals surface area contributed by atoms with Crippen LogP contribution in [0.3, 0.4) is 0 Å². The van der Waals surface area contributed by atoms with E-state index in [-0.39, 0.29) is 17.7 Å². The fourth-order valence-corrected chi connectivity index (χ4v) is 3.60. The Morgan fingerprint density at radius 2 is 1.68 bits per heavy atom. The third kappa shape index (κ3) is 4.11. The van der Waals surface area contributed by atoms with E-state index in [0.717, 1.165) is 36.1 Å². The van der Waals surface area contributed by atoms with Gasteiger partial charge in [0, 0.05) is 18.2 Å². The molecule has 2 N–H and O–H groups in total. The highest BCUT2D eigenvalue weighted by atomic mass is 16.2. The first-order valence-corrected chi connectivity index (χ1v) is 10.1. The number of benzene rings is 2. The zero-order chi connectivity index (χ0) is 20.3. The molecule has 0 bridgehead atoms. The normalized spacial score (nSPS) is 15.0. The summed E-state index contributed by atoms with van der Waals surface area (Å²) >= 11 is 0. The molecule has 0 aliphatic heterocycles. The number of carbonyl (C=O) groups is 2. The van der Waals surface area contributed by atoms with Crippen LogP contribution >= 0.6 is 0 Å². The number of hydrogen-bond acceptors (Lipinski definition) is 2. The average Bonchev–Trinajstić information content (AvgIpc) is 2.63.